The van der Waals surface area contributed by atoms with Gasteiger partial charge in [-0.25, -0.2) is 9.78 Å². The topological polar surface area (TPSA) is 76.5 Å². The second kappa shape index (κ2) is 9.19. The highest BCUT2D eigenvalue weighted by molar-refractivity contribution is 5.78. The first-order chi connectivity index (χ1) is 13.2. The largest absolute Gasteiger partial charge is 0.383 e. The fraction of sp³-hybridized carbons (Fsp3) is 0.571. The van der Waals surface area contributed by atoms with Crippen molar-refractivity contribution in [2.45, 2.75) is 59.2 Å². The van der Waals surface area contributed by atoms with E-state index in [0.717, 1.165) is 0 Å². The van der Waals surface area contributed by atoms with Gasteiger partial charge in [0.05, 0.1) is 30.1 Å². The van der Waals surface area contributed by atoms with E-state index < -0.39 is 0 Å². The molecule has 7 nitrogen and oxygen atoms in total. The first kappa shape index (κ1) is 21.9. The third kappa shape index (κ3) is 4.90. The van der Waals surface area contributed by atoms with Gasteiger partial charge in [0.15, 0.2) is 0 Å². The molecule has 7 heteroatoms. The maximum absolute atomic E-state index is 13.1. The molecule has 0 spiro atoms. The van der Waals surface area contributed by atoms with E-state index in [9.17, 15) is 9.59 Å². The molecule has 1 heterocycles. The summed E-state index contributed by atoms with van der Waals surface area (Å²) in [4.78, 5) is 32.6. The highest BCUT2D eigenvalue weighted by Crippen LogP contribution is 2.24. The minimum Gasteiger partial charge on any atom is -0.383 e. The van der Waals surface area contributed by atoms with Crippen LogP contribution in [0.3, 0.4) is 0 Å². The average Bonchev–Trinajstić information content (AvgIpc) is 2.63. The zero-order chi connectivity index (χ0) is 20.9. The van der Waals surface area contributed by atoms with Crippen LogP contribution in [0.15, 0.2) is 29.1 Å². The second-order valence-electron chi connectivity index (χ2n) is 7.83. The van der Waals surface area contributed by atoms with Crippen molar-refractivity contribution in [2.24, 2.45) is 0 Å². The molecule has 1 aromatic heterocycles. The number of para-hydroxylation sites is 1. The molecule has 2 amide bonds. The van der Waals surface area contributed by atoms with Gasteiger partial charge >= 0.3 is 6.03 Å². The number of nitrogens with zero attached hydrogens (tertiary/aromatic N) is 3. The Hall–Kier alpha value is -2.41. The molecular formula is C21H32N4O3. The summed E-state index contributed by atoms with van der Waals surface area (Å²) in [6, 6.07) is 6.83. The maximum atomic E-state index is 13.1. The van der Waals surface area contributed by atoms with Crippen molar-refractivity contribution in [1.82, 2.24) is 19.8 Å². The fourth-order valence-corrected chi connectivity index (χ4v) is 3.28. The Kier molecular flexibility index (Phi) is 7.18. The van der Waals surface area contributed by atoms with E-state index in [0.29, 0.717) is 42.8 Å². The Morgan fingerprint density at radius 2 is 1.96 bits per heavy atom. The van der Waals surface area contributed by atoms with E-state index in [2.05, 4.69) is 5.32 Å². The number of urea groups is 1. The molecule has 0 radical (unpaired) electrons. The molecule has 0 aliphatic heterocycles. The predicted octanol–water partition coefficient (Wildman–Crippen LogP) is 3.32. The van der Waals surface area contributed by atoms with Crippen LogP contribution in [0.2, 0.25) is 0 Å². The monoisotopic (exact) mass is 388 g/mol. The molecule has 0 bridgehead atoms. The van der Waals surface area contributed by atoms with E-state index in [1.807, 2.05) is 52.8 Å². The molecule has 0 fully saturated rings. The lowest BCUT2D eigenvalue weighted by Gasteiger charge is -2.34. The number of nitrogens with one attached hydrogen (secondary N) is 1. The number of hydrogen-bond donors (Lipinski definition) is 1. The quantitative estimate of drug-likeness (QED) is 0.789. The van der Waals surface area contributed by atoms with E-state index in [-0.39, 0.29) is 23.2 Å². The normalized spacial score (nSPS) is 12.8. The van der Waals surface area contributed by atoms with Gasteiger partial charge < -0.3 is 15.0 Å². The number of benzene rings is 1. The highest BCUT2D eigenvalue weighted by atomic mass is 16.5. The number of ether oxygens (including phenoxy) is 1. The van der Waals surface area contributed by atoms with Crippen LogP contribution in [0.25, 0.3) is 10.9 Å². The van der Waals surface area contributed by atoms with Crippen molar-refractivity contribution in [3.63, 3.8) is 0 Å². The molecule has 154 valence electrons. The van der Waals surface area contributed by atoms with Crippen LogP contribution in [0.5, 0.6) is 0 Å². The Morgan fingerprint density at radius 1 is 1.29 bits per heavy atom. The van der Waals surface area contributed by atoms with Crippen LogP contribution in [0, 0.1) is 0 Å². The van der Waals surface area contributed by atoms with Crippen LogP contribution in [0.1, 0.15) is 52.9 Å². The molecule has 0 saturated carbocycles. The minimum atomic E-state index is -0.352. The fourth-order valence-electron chi connectivity index (χ4n) is 3.28. The first-order valence-electron chi connectivity index (χ1n) is 9.80. The first-order valence-corrected chi connectivity index (χ1v) is 9.80. The van der Waals surface area contributed by atoms with E-state index in [4.69, 9.17) is 9.72 Å². The maximum Gasteiger partial charge on any atom is 0.318 e. The Balaban J connectivity index is 2.60. The number of methoxy groups -OCH3 is 1. The summed E-state index contributed by atoms with van der Waals surface area (Å²) < 4.78 is 6.85. The van der Waals surface area contributed by atoms with Gasteiger partial charge in [-0.2, -0.15) is 0 Å². The molecule has 1 aromatic carbocycles. The summed E-state index contributed by atoms with van der Waals surface area (Å²) in [6.45, 7) is 11.1. The second-order valence-corrected chi connectivity index (χ2v) is 7.83. The van der Waals surface area contributed by atoms with Gasteiger partial charge in [-0.1, -0.05) is 19.1 Å². The zero-order valence-corrected chi connectivity index (χ0v) is 17.8. The number of rotatable bonds is 7. The van der Waals surface area contributed by atoms with E-state index >= 15 is 0 Å². The third-order valence-electron chi connectivity index (χ3n) is 4.55. The summed E-state index contributed by atoms with van der Waals surface area (Å²) in [5.74, 6) is 0.592. The molecule has 1 atom stereocenters. The number of amides is 2. The lowest BCUT2D eigenvalue weighted by Crippen LogP contribution is -2.50. The van der Waals surface area contributed by atoms with Crippen molar-refractivity contribution in [2.75, 3.05) is 20.3 Å². The van der Waals surface area contributed by atoms with Gasteiger partial charge in [0.25, 0.3) is 5.56 Å². The predicted molar refractivity (Wildman–Crippen MR) is 112 cm³/mol. The molecule has 0 saturated heterocycles. The lowest BCUT2D eigenvalue weighted by atomic mass is 10.1. The lowest BCUT2D eigenvalue weighted by molar-refractivity contribution is 0.158. The van der Waals surface area contributed by atoms with Gasteiger partial charge in [0.2, 0.25) is 0 Å². The van der Waals surface area contributed by atoms with E-state index in [1.165, 1.54) is 0 Å². The highest BCUT2D eigenvalue weighted by Gasteiger charge is 2.29. The molecule has 28 heavy (non-hydrogen) atoms. The van der Waals surface area contributed by atoms with Crippen molar-refractivity contribution in [3.8, 4) is 0 Å². The number of aromatic nitrogens is 2. The van der Waals surface area contributed by atoms with Crippen molar-refractivity contribution in [1.29, 1.82) is 0 Å². The molecule has 2 aromatic rings. The summed E-state index contributed by atoms with van der Waals surface area (Å²) >= 11 is 0. The average molecular weight is 389 g/mol. The molecule has 1 unspecified atom stereocenters. The van der Waals surface area contributed by atoms with Gasteiger partial charge in [-0.05, 0) is 46.2 Å². The number of fused-ring (bicyclic) bond motifs is 1. The summed E-state index contributed by atoms with van der Waals surface area (Å²) in [5, 5.41) is 3.59. The third-order valence-corrected chi connectivity index (χ3v) is 4.55. The SMILES string of the molecule is CCC(c1nc2ccccc2c(=O)n1CCOC)N(CC)C(=O)NC(C)(C)C. The summed E-state index contributed by atoms with van der Waals surface area (Å²) in [5.41, 5.74) is 0.181. The number of carbonyl (C=O) groups excluding carboxylic acids is 1. The van der Waals surface area contributed by atoms with Gasteiger partial charge in [0, 0.05) is 19.2 Å². The van der Waals surface area contributed by atoms with Gasteiger partial charge in [0.1, 0.15) is 5.82 Å². The standard InChI is InChI=1S/C21H32N4O3/c1-7-17(24(8-2)20(27)23-21(3,4)5)18-22-16-12-10-9-11-15(16)19(26)25(18)13-14-28-6/h9-12,17H,7-8,13-14H2,1-6H3,(H,23,27). The molecule has 0 aliphatic rings. The zero-order valence-electron chi connectivity index (χ0n) is 17.8. The smallest absolute Gasteiger partial charge is 0.318 e. The number of carbonyl (C=O) groups is 1. The molecule has 2 rings (SSSR count). The number of hydrogen-bond acceptors (Lipinski definition) is 4. The molecule has 0 aliphatic carbocycles. The van der Waals surface area contributed by atoms with Crippen LogP contribution in [0.4, 0.5) is 4.79 Å². The Labute approximate surface area is 166 Å². The summed E-state index contributed by atoms with van der Waals surface area (Å²) in [6.07, 6.45) is 0.642. The van der Waals surface area contributed by atoms with Gasteiger partial charge in [-0.15, -0.1) is 0 Å². The van der Waals surface area contributed by atoms with Crippen LogP contribution in [-0.4, -0.2) is 46.3 Å². The van der Waals surface area contributed by atoms with Crippen LogP contribution < -0.4 is 10.9 Å². The van der Waals surface area contributed by atoms with Crippen molar-refractivity contribution >= 4 is 16.9 Å². The Bertz CT molecular complexity index is 870. The van der Waals surface area contributed by atoms with Crippen LogP contribution in [-0.2, 0) is 11.3 Å². The van der Waals surface area contributed by atoms with Crippen LogP contribution >= 0.6 is 0 Å². The van der Waals surface area contributed by atoms with Crippen molar-refractivity contribution in [3.05, 3.63) is 40.4 Å². The van der Waals surface area contributed by atoms with E-state index in [1.54, 1.807) is 22.6 Å². The van der Waals surface area contributed by atoms with Crippen molar-refractivity contribution < 1.29 is 9.53 Å². The minimum absolute atomic E-state index is 0.108. The van der Waals surface area contributed by atoms with Gasteiger partial charge in [-0.3, -0.25) is 9.36 Å². The molecular weight excluding hydrogens is 356 g/mol. The Morgan fingerprint density at radius 3 is 2.54 bits per heavy atom. The molecule has 1 N–H and O–H groups in total. The summed E-state index contributed by atoms with van der Waals surface area (Å²) in [7, 11) is 1.60.